The fourth-order valence-electron chi connectivity index (χ4n) is 13.3. The minimum Gasteiger partial charge on any atom is -0.462 e. The first-order valence-corrected chi connectivity index (χ1v) is 47.2. The molecule has 3 N–H and O–H groups in total. The molecular formula is C85H166O17P2. The largest absolute Gasteiger partial charge is 0.472 e. The lowest BCUT2D eigenvalue weighted by Crippen LogP contribution is -2.30. The van der Waals surface area contributed by atoms with E-state index in [0.29, 0.717) is 25.7 Å². The molecule has 0 aliphatic heterocycles. The molecule has 0 spiro atoms. The number of unbranched alkanes of at least 4 members (excludes halogenated alkanes) is 56. The molecule has 618 valence electrons. The minimum atomic E-state index is -4.96. The van der Waals surface area contributed by atoms with Crippen molar-refractivity contribution in [3.05, 3.63) is 0 Å². The smallest absolute Gasteiger partial charge is 0.462 e. The van der Waals surface area contributed by atoms with Gasteiger partial charge in [-0.15, -0.1) is 0 Å². The number of aliphatic hydroxyl groups excluding tert-OH is 1. The topological polar surface area (TPSA) is 237 Å². The molecule has 0 amide bonds. The van der Waals surface area contributed by atoms with Gasteiger partial charge in [0.15, 0.2) is 12.2 Å². The Morgan fingerprint density at radius 3 is 0.683 bits per heavy atom. The van der Waals surface area contributed by atoms with Crippen molar-refractivity contribution >= 4 is 39.5 Å². The van der Waals surface area contributed by atoms with E-state index in [1.807, 2.05) is 0 Å². The monoisotopic (exact) mass is 1520 g/mol. The highest BCUT2D eigenvalue weighted by molar-refractivity contribution is 7.47. The van der Waals surface area contributed by atoms with E-state index in [4.69, 9.17) is 37.0 Å². The summed E-state index contributed by atoms with van der Waals surface area (Å²) in [6.45, 7) is 7.33. The van der Waals surface area contributed by atoms with E-state index in [1.54, 1.807) is 0 Å². The lowest BCUT2D eigenvalue weighted by Gasteiger charge is -2.21. The molecule has 17 nitrogen and oxygen atoms in total. The van der Waals surface area contributed by atoms with Gasteiger partial charge in [-0.3, -0.25) is 37.3 Å². The zero-order chi connectivity index (χ0) is 76.2. The van der Waals surface area contributed by atoms with Crippen LogP contribution in [0.5, 0.6) is 0 Å². The maximum absolute atomic E-state index is 13.1. The van der Waals surface area contributed by atoms with Gasteiger partial charge >= 0.3 is 39.5 Å². The first-order valence-electron chi connectivity index (χ1n) is 44.2. The molecule has 0 aromatic heterocycles. The van der Waals surface area contributed by atoms with Gasteiger partial charge in [-0.2, -0.15) is 0 Å². The van der Waals surface area contributed by atoms with E-state index in [2.05, 4.69) is 34.6 Å². The van der Waals surface area contributed by atoms with Gasteiger partial charge in [-0.1, -0.05) is 407 Å². The van der Waals surface area contributed by atoms with Crippen molar-refractivity contribution in [1.29, 1.82) is 0 Å². The first-order chi connectivity index (χ1) is 50.6. The Labute approximate surface area is 638 Å². The maximum Gasteiger partial charge on any atom is 0.472 e. The SMILES string of the molecule is CCCCCCCCCCCCCCCCCCCCCCC(=O)OC[C@H](COP(=O)(O)OC[C@@H](O)COP(=O)(O)OC[C@@H](COC(=O)CCCCCCC)OC(=O)CCCCCCCCCCCCCCCCCCC)OC(=O)CCCCCCCCCCCCCCCCCCCCC(C)CC. The fourth-order valence-corrected chi connectivity index (χ4v) is 14.8. The van der Waals surface area contributed by atoms with Crippen LogP contribution in [0.2, 0.25) is 0 Å². The van der Waals surface area contributed by atoms with Crippen LogP contribution in [0.1, 0.15) is 458 Å². The average Bonchev–Trinajstić information content (AvgIpc) is 0.971. The molecule has 3 unspecified atom stereocenters. The van der Waals surface area contributed by atoms with E-state index in [-0.39, 0.29) is 25.7 Å². The summed E-state index contributed by atoms with van der Waals surface area (Å²) in [6.07, 6.45) is 71.3. The van der Waals surface area contributed by atoms with E-state index < -0.39 is 97.5 Å². The minimum absolute atomic E-state index is 0.108. The quantitative estimate of drug-likeness (QED) is 0.0222. The molecule has 0 aromatic rings. The Kier molecular flexibility index (Phi) is 76.3. The summed E-state index contributed by atoms with van der Waals surface area (Å²) >= 11 is 0. The summed E-state index contributed by atoms with van der Waals surface area (Å²) in [6, 6.07) is 0. The van der Waals surface area contributed by atoms with Gasteiger partial charge in [-0.25, -0.2) is 9.13 Å². The molecule has 0 bridgehead atoms. The third kappa shape index (κ3) is 76.8. The molecule has 0 saturated carbocycles. The second kappa shape index (κ2) is 77.8. The Bertz CT molecular complexity index is 1980. The number of carbonyl (C=O) groups is 4. The van der Waals surface area contributed by atoms with Gasteiger partial charge < -0.3 is 33.8 Å². The van der Waals surface area contributed by atoms with Gasteiger partial charge in [0.25, 0.3) is 0 Å². The average molecular weight is 1520 g/mol. The van der Waals surface area contributed by atoms with Gasteiger partial charge in [-0.05, 0) is 31.6 Å². The fraction of sp³-hybridized carbons (Fsp3) is 0.953. The van der Waals surface area contributed by atoms with Crippen molar-refractivity contribution < 1.29 is 80.2 Å². The Hall–Kier alpha value is -1.94. The summed E-state index contributed by atoms with van der Waals surface area (Å²) < 4.78 is 68.6. The van der Waals surface area contributed by atoms with Crippen molar-refractivity contribution in [3.8, 4) is 0 Å². The van der Waals surface area contributed by atoms with Crippen molar-refractivity contribution in [2.24, 2.45) is 5.92 Å². The predicted octanol–water partition coefficient (Wildman–Crippen LogP) is 26.0. The molecule has 0 aliphatic rings. The zero-order valence-electron chi connectivity index (χ0n) is 68.2. The third-order valence-corrected chi connectivity index (χ3v) is 22.3. The number of phosphoric ester groups is 2. The van der Waals surface area contributed by atoms with Crippen LogP contribution in [0.3, 0.4) is 0 Å². The van der Waals surface area contributed by atoms with Crippen LogP contribution in [0.4, 0.5) is 0 Å². The van der Waals surface area contributed by atoms with Gasteiger partial charge in [0.2, 0.25) is 0 Å². The molecule has 0 fully saturated rings. The van der Waals surface area contributed by atoms with Crippen molar-refractivity contribution in [1.82, 2.24) is 0 Å². The van der Waals surface area contributed by atoms with Crippen molar-refractivity contribution in [2.45, 2.75) is 477 Å². The van der Waals surface area contributed by atoms with Crippen molar-refractivity contribution in [3.63, 3.8) is 0 Å². The second-order valence-corrected chi connectivity index (χ2v) is 33.7. The number of rotatable bonds is 85. The standard InChI is InChI=1S/C85H166O17P2/c1-6-10-13-16-18-20-22-24-26-28-29-30-35-38-42-46-50-54-59-64-69-83(88)96-75-81(102-85(90)71-66-61-56-52-48-44-40-36-32-31-34-37-41-45-49-53-58-62-67-78(5)9-4)77-100-104(93,94)98-73-79(86)72-97-103(91,92)99-76-80(74-95-82(87)68-63-57-15-12-8-3)101-84(89)70-65-60-55-51-47-43-39-33-27-25-23-21-19-17-14-11-7-2/h78-81,86H,6-77H2,1-5H3,(H,91,92)(H,93,94)/t78?,79-,80+,81+/m0/s1. The highest BCUT2D eigenvalue weighted by Crippen LogP contribution is 2.45. The number of esters is 4. The lowest BCUT2D eigenvalue weighted by molar-refractivity contribution is -0.161. The van der Waals surface area contributed by atoms with E-state index in [1.165, 1.54) is 276 Å². The van der Waals surface area contributed by atoms with Gasteiger partial charge in [0.05, 0.1) is 26.4 Å². The van der Waals surface area contributed by atoms with Crippen LogP contribution in [-0.2, 0) is 65.4 Å². The number of aliphatic hydroxyl groups is 1. The lowest BCUT2D eigenvalue weighted by atomic mass is 9.99. The number of hydrogen-bond acceptors (Lipinski definition) is 15. The Morgan fingerprint density at radius 2 is 0.462 bits per heavy atom. The molecule has 104 heavy (non-hydrogen) atoms. The summed E-state index contributed by atoms with van der Waals surface area (Å²) in [5.41, 5.74) is 0. The summed E-state index contributed by atoms with van der Waals surface area (Å²) in [4.78, 5) is 72.9. The van der Waals surface area contributed by atoms with Gasteiger partial charge in [0.1, 0.15) is 19.3 Å². The molecule has 19 heteroatoms. The zero-order valence-corrected chi connectivity index (χ0v) is 70.0. The molecule has 0 aliphatic carbocycles. The summed E-state index contributed by atoms with van der Waals surface area (Å²) in [5, 5.41) is 10.6. The Morgan fingerprint density at radius 1 is 0.269 bits per heavy atom. The third-order valence-electron chi connectivity index (χ3n) is 20.4. The van der Waals surface area contributed by atoms with E-state index in [9.17, 15) is 43.2 Å². The molecule has 0 radical (unpaired) electrons. The second-order valence-electron chi connectivity index (χ2n) is 30.8. The van der Waals surface area contributed by atoms with Gasteiger partial charge in [0, 0.05) is 25.7 Å². The van der Waals surface area contributed by atoms with Crippen LogP contribution in [0.15, 0.2) is 0 Å². The van der Waals surface area contributed by atoms with Crippen molar-refractivity contribution in [2.75, 3.05) is 39.6 Å². The van der Waals surface area contributed by atoms with E-state index >= 15 is 0 Å². The molecule has 0 saturated heterocycles. The molecule has 6 atom stereocenters. The number of phosphoric acid groups is 2. The van der Waals surface area contributed by atoms with Crippen LogP contribution < -0.4 is 0 Å². The molecular weight excluding hydrogens is 1350 g/mol. The molecule has 0 heterocycles. The summed E-state index contributed by atoms with van der Waals surface area (Å²) in [5.74, 6) is -1.24. The van der Waals surface area contributed by atoms with Crippen LogP contribution in [0, 0.1) is 5.92 Å². The van der Waals surface area contributed by atoms with Crippen LogP contribution in [-0.4, -0.2) is 96.7 Å². The highest BCUT2D eigenvalue weighted by atomic mass is 31.2. The Balaban J connectivity index is 5.10. The van der Waals surface area contributed by atoms with Crippen LogP contribution in [0.25, 0.3) is 0 Å². The van der Waals surface area contributed by atoms with E-state index in [0.717, 1.165) is 102 Å². The molecule has 0 rings (SSSR count). The number of hydrogen-bond donors (Lipinski definition) is 3. The maximum atomic E-state index is 13.1. The van der Waals surface area contributed by atoms with Crippen LogP contribution >= 0.6 is 15.6 Å². The first kappa shape index (κ1) is 102. The number of carbonyl (C=O) groups excluding carboxylic acids is 4. The molecule has 0 aromatic carbocycles. The highest BCUT2D eigenvalue weighted by Gasteiger charge is 2.30. The summed E-state index contributed by atoms with van der Waals surface area (Å²) in [7, 11) is -9.91. The number of ether oxygens (including phenoxy) is 4. The normalized spacial score (nSPS) is 14.0. The predicted molar refractivity (Wildman–Crippen MR) is 428 cm³/mol.